The second-order valence-corrected chi connectivity index (χ2v) is 4.63. The second kappa shape index (κ2) is 6.54. The molecule has 18 heavy (non-hydrogen) atoms. The summed E-state index contributed by atoms with van der Waals surface area (Å²) in [6.45, 7) is 3.39. The predicted molar refractivity (Wildman–Crippen MR) is 68.6 cm³/mol. The number of hydrogen-bond donors (Lipinski definition) is 1. The van der Waals surface area contributed by atoms with Gasteiger partial charge in [-0.05, 0) is 32.2 Å². The van der Waals surface area contributed by atoms with Gasteiger partial charge in [0.1, 0.15) is 12.4 Å². The Morgan fingerprint density at radius 1 is 1.33 bits per heavy atom. The molecule has 0 spiro atoms. The highest BCUT2D eigenvalue weighted by molar-refractivity contribution is 5.18. The van der Waals surface area contributed by atoms with E-state index in [2.05, 4.69) is 16.9 Å². The van der Waals surface area contributed by atoms with Gasteiger partial charge in [-0.15, -0.1) is 0 Å². The van der Waals surface area contributed by atoms with Crippen molar-refractivity contribution in [1.29, 1.82) is 0 Å². The number of ether oxygens (including phenoxy) is 2. The van der Waals surface area contributed by atoms with E-state index in [1.807, 2.05) is 0 Å². The van der Waals surface area contributed by atoms with E-state index in [1.54, 1.807) is 6.07 Å². The van der Waals surface area contributed by atoms with Gasteiger partial charge >= 0.3 is 0 Å². The van der Waals surface area contributed by atoms with Crippen LogP contribution in [-0.2, 0) is 0 Å². The Labute approximate surface area is 108 Å². The van der Waals surface area contributed by atoms with Crippen molar-refractivity contribution in [1.82, 2.24) is 9.97 Å². The van der Waals surface area contributed by atoms with Crippen LogP contribution in [0.2, 0.25) is 0 Å². The number of rotatable bonds is 6. The maximum atomic E-state index is 5.89. The standard InChI is InChI=1S/C13H21N3O2/c1-2-6-17-12-7-13(16-9-15-12)18-11-5-3-4-10(11)8-14/h7,9-11H,2-6,8,14H2,1H3. The van der Waals surface area contributed by atoms with Gasteiger partial charge in [-0.2, -0.15) is 0 Å². The number of aromatic nitrogens is 2. The Morgan fingerprint density at radius 3 is 2.94 bits per heavy atom. The van der Waals surface area contributed by atoms with E-state index in [1.165, 1.54) is 12.7 Å². The molecule has 5 heteroatoms. The van der Waals surface area contributed by atoms with Crippen LogP contribution in [0.1, 0.15) is 32.6 Å². The molecular formula is C13H21N3O2. The first-order valence-corrected chi connectivity index (χ1v) is 6.65. The zero-order valence-electron chi connectivity index (χ0n) is 10.8. The third-order valence-electron chi connectivity index (χ3n) is 3.24. The van der Waals surface area contributed by atoms with Crippen LogP contribution in [0.3, 0.4) is 0 Å². The highest BCUT2D eigenvalue weighted by atomic mass is 16.5. The van der Waals surface area contributed by atoms with Crippen LogP contribution in [0.15, 0.2) is 12.4 Å². The lowest BCUT2D eigenvalue weighted by Gasteiger charge is -2.19. The highest BCUT2D eigenvalue weighted by Gasteiger charge is 2.28. The Kier molecular flexibility index (Phi) is 4.75. The van der Waals surface area contributed by atoms with Gasteiger partial charge < -0.3 is 15.2 Å². The predicted octanol–water partition coefficient (Wildman–Crippen LogP) is 1.77. The number of nitrogens with zero attached hydrogens (tertiary/aromatic N) is 2. The lowest BCUT2D eigenvalue weighted by atomic mass is 10.1. The van der Waals surface area contributed by atoms with Gasteiger partial charge in [-0.25, -0.2) is 9.97 Å². The van der Waals surface area contributed by atoms with Gasteiger partial charge in [0.25, 0.3) is 0 Å². The summed E-state index contributed by atoms with van der Waals surface area (Å²) in [5.41, 5.74) is 5.74. The molecule has 5 nitrogen and oxygen atoms in total. The molecule has 2 unspecified atom stereocenters. The van der Waals surface area contributed by atoms with Crippen molar-refractivity contribution < 1.29 is 9.47 Å². The van der Waals surface area contributed by atoms with E-state index in [0.717, 1.165) is 19.3 Å². The fraction of sp³-hybridized carbons (Fsp3) is 0.692. The number of hydrogen-bond acceptors (Lipinski definition) is 5. The summed E-state index contributed by atoms with van der Waals surface area (Å²) in [7, 11) is 0. The van der Waals surface area contributed by atoms with E-state index in [-0.39, 0.29) is 6.10 Å². The third kappa shape index (κ3) is 3.32. The average molecular weight is 251 g/mol. The third-order valence-corrected chi connectivity index (χ3v) is 3.24. The van der Waals surface area contributed by atoms with Crippen LogP contribution in [0.4, 0.5) is 0 Å². The minimum atomic E-state index is 0.184. The van der Waals surface area contributed by atoms with Crippen molar-refractivity contribution in [2.24, 2.45) is 11.7 Å². The topological polar surface area (TPSA) is 70.3 Å². The summed E-state index contributed by atoms with van der Waals surface area (Å²) >= 11 is 0. The number of nitrogens with two attached hydrogens (primary N) is 1. The molecule has 2 atom stereocenters. The van der Waals surface area contributed by atoms with E-state index in [0.29, 0.717) is 30.8 Å². The fourth-order valence-corrected chi connectivity index (χ4v) is 2.26. The molecule has 0 amide bonds. The molecule has 0 bridgehead atoms. The molecule has 0 aliphatic heterocycles. The largest absolute Gasteiger partial charge is 0.478 e. The van der Waals surface area contributed by atoms with Crippen molar-refractivity contribution in [2.75, 3.05) is 13.2 Å². The van der Waals surface area contributed by atoms with E-state index >= 15 is 0 Å². The van der Waals surface area contributed by atoms with E-state index in [9.17, 15) is 0 Å². The lowest BCUT2D eigenvalue weighted by Crippen LogP contribution is -2.27. The minimum absolute atomic E-state index is 0.184. The van der Waals surface area contributed by atoms with Gasteiger partial charge in [0.15, 0.2) is 0 Å². The SMILES string of the molecule is CCCOc1cc(OC2CCCC2CN)ncn1. The molecule has 1 aliphatic rings. The van der Waals surface area contributed by atoms with E-state index in [4.69, 9.17) is 15.2 Å². The minimum Gasteiger partial charge on any atom is -0.478 e. The fourth-order valence-electron chi connectivity index (χ4n) is 2.26. The zero-order chi connectivity index (χ0) is 12.8. The molecule has 100 valence electrons. The summed E-state index contributed by atoms with van der Waals surface area (Å²) in [5, 5.41) is 0. The van der Waals surface area contributed by atoms with Crippen LogP contribution < -0.4 is 15.2 Å². The summed E-state index contributed by atoms with van der Waals surface area (Å²) < 4.78 is 11.3. The monoisotopic (exact) mass is 251 g/mol. The molecule has 1 heterocycles. The normalized spacial score (nSPS) is 23.0. The zero-order valence-corrected chi connectivity index (χ0v) is 10.8. The molecule has 1 fully saturated rings. The van der Waals surface area contributed by atoms with Crippen molar-refractivity contribution in [2.45, 2.75) is 38.7 Å². The lowest BCUT2D eigenvalue weighted by molar-refractivity contribution is 0.154. The van der Waals surface area contributed by atoms with Crippen molar-refractivity contribution in [3.63, 3.8) is 0 Å². The second-order valence-electron chi connectivity index (χ2n) is 4.63. The molecule has 1 aromatic heterocycles. The quantitative estimate of drug-likeness (QED) is 0.834. The van der Waals surface area contributed by atoms with Gasteiger partial charge in [0.2, 0.25) is 11.8 Å². The Hall–Kier alpha value is -1.36. The van der Waals surface area contributed by atoms with Crippen LogP contribution in [0, 0.1) is 5.92 Å². The molecule has 0 radical (unpaired) electrons. The van der Waals surface area contributed by atoms with Crippen molar-refractivity contribution in [3.8, 4) is 11.8 Å². The highest BCUT2D eigenvalue weighted by Crippen LogP contribution is 2.28. The summed E-state index contributed by atoms with van der Waals surface area (Å²) in [6, 6.07) is 1.75. The van der Waals surface area contributed by atoms with Crippen LogP contribution >= 0.6 is 0 Å². The summed E-state index contributed by atoms with van der Waals surface area (Å²) in [5.74, 6) is 1.60. The van der Waals surface area contributed by atoms with Gasteiger partial charge in [0, 0.05) is 5.92 Å². The molecule has 0 aromatic carbocycles. The first-order chi connectivity index (χ1) is 8.83. The Morgan fingerprint density at radius 2 is 2.17 bits per heavy atom. The Bertz CT molecular complexity index is 373. The molecule has 1 saturated carbocycles. The van der Waals surface area contributed by atoms with Crippen LogP contribution in [-0.4, -0.2) is 29.2 Å². The molecule has 1 aromatic rings. The Balaban J connectivity index is 1.96. The van der Waals surface area contributed by atoms with Gasteiger partial charge in [-0.3, -0.25) is 0 Å². The van der Waals surface area contributed by atoms with Gasteiger partial charge in [0.05, 0.1) is 12.7 Å². The maximum Gasteiger partial charge on any atom is 0.220 e. The molecule has 2 rings (SSSR count). The van der Waals surface area contributed by atoms with E-state index < -0.39 is 0 Å². The first kappa shape index (κ1) is 13.1. The van der Waals surface area contributed by atoms with Crippen molar-refractivity contribution >= 4 is 0 Å². The van der Waals surface area contributed by atoms with Gasteiger partial charge in [-0.1, -0.05) is 6.92 Å². The maximum absolute atomic E-state index is 5.89. The first-order valence-electron chi connectivity index (χ1n) is 6.65. The molecule has 2 N–H and O–H groups in total. The molecule has 1 aliphatic carbocycles. The van der Waals surface area contributed by atoms with Crippen LogP contribution in [0.25, 0.3) is 0 Å². The summed E-state index contributed by atoms with van der Waals surface area (Å²) in [4.78, 5) is 8.18. The molecular weight excluding hydrogens is 230 g/mol. The smallest absolute Gasteiger partial charge is 0.220 e. The van der Waals surface area contributed by atoms with Crippen LogP contribution in [0.5, 0.6) is 11.8 Å². The average Bonchev–Trinajstić information content (AvgIpc) is 2.84. The van der Waals surface area contributed by atoms with Crippen molar-refractivity contribution in [3.05, 3.63) is 12.4 Å². The molecule has 0 saturated heterocycles. The summed E-state index contributed by atoms with van der Waals surface area (Å²) in [6.07, 6.45) is 5.99.